The number of rotatable bonds is 3. The molecule has 4 heteroatoms. The maximum atomic E-state index is 12.6. The zero-order valence-electron chi connectivity index (χ0n) is 12.8. The SMILES string of the molecule is CN(C(=O)c1cc(C2CC2)on1)C1CCc2ccccc2C1. The van der Waals surface area contributed by atoms with Crippen LogP contribution in [0, 0.1) is 0 Å². The van der Waals surface area contributed by atoms with Crippen molar-refractivity contribution in [2.45, 2.75) is 44.1 Å². The molecule has 0 bridgehead atoms. The Morgan fingerprint density at radius 1 is 1.23 bits per heavy atom. The lowest BCUT2D eigenvalue weighted by molar-refractivity contribution is 0.0708. The lowest BCUT2D eigenvalue weighted by Gasteiger charge is -2.32. The molecule has 1 fully saturated rings. The zero-order valence-corrected chi connectivity index (χ0v) is 12.8. The number of carbonyl (C=O) groups excluding carboxylic acids is 1. The van der Waals surface area contributed by atoms with Crippen molar-refractivity contribution in [3.63, 3.8) is 0 Å². The summed E-state index contributed by atoms with van der Waals surface area (Å²) in [4.78, 5) is 14.5. The second-order valence-electron chi connectivity index (χ2n) is 6.47. The quantitative estimate of drug-likeness (QED) is 0.874. The van der Waals surface area contributed by atoms with Gasteiger partial charge in [0.15, 0.2) is 5.69 Å². The molecule has 0 N–H and O–H groups in total. The van der Waals surface area contributed by atoms with Gasteiger partial charge in [0.2, 0.25) is 0 Å². The van der Waals surface area contributed by atoms with E-state index in [0.717, 1.165) is 37.9 Å². The number of aromatic nitrogens is 1. The van der Waals surface area contributed by atoms with Gasteiger partial charge >= 0.3 is 0 Å². The third-order valence-corrected chi connectivity index (χ3v) is 4.92. The highest BCUT2D eigenvalue weighted by Crippen LogP contribution is 2.40. The van der Waals surface area contributed by atoms with Gasteiger partial charge in [-0.2, -0.15) is 0 Å². The van der Waals surface area contributed by atoms with Gasteiger partial charge in [-0.3, -0.25) is 4.79 Å². The molecule has 2 aromatic rings. The van der Waals surface area contributed by atoms with Crippen molar-refractivity contribution >= 4 is 5.91 Å². The molecule has 0 spiro atoms. The van der Waals surface area contributed by atoms with Crippen LogP contribution in [0.25, 0.3) is 0 Å². The molecule has 114 valence electrons. The van der Waals surface area contributed by atoms with Crippen LogP contribution in [0.5, 0.6) is 0 Å². The van der Waals surface area contributed by atoms with Crippen molar-refractivity contribution in [3.8, 4) is 0 Å². The molecule has 4 nitrogen and oxygen atoms in total. The average molecular weight is 296 g/mol. The largest absolute Gasteiger partial charge is 0.360 e. The maximum absolute atomic E-state index is 12.6. The van der Waals surface area contributed by atoms with E-state index < -0.39 is 0 Å². The van der Waals surface area contributed by atoms with Gasteiger partial charge in [0.25, 0.3) is 5.91 Å². The van der Waals surface area contributed by atoms with Crippen LogP contribution >= 0.6 is 0 Å². The van der Waals surface area contributed by atoms with Crippen molar-refractivity contribution in [1.82, 2.24) is 10.1 Å². The third kappa shape index (κ3) is 2.43. The summed E-state index contributed by atoms with van der Waals surface area (Å²) in [5.74, 6) is 1.33. The predicted molar refractivity (Wildman–Crippen MR) is 82.8 cm³/mol. The Bertz CT molecular complexity index is 703. The molecule has 1 aromatic heterocycles. The normalized spacial score (nSPS) is 20.5. The van der Waals surface area contributed by atoms with E-state index >= 15 is 0 Å². The first-order valence-corrected chi connectivity index (χ1v) is 8.03. The molecule has 1 unspecified atom stereocenters. The highest BCUT2D eigenvalue weighted by molar-refractivity contribution is 5.92. The summed E-state index contributed by atoms with van der Waals surface area (Å²) in [7, 11) is 1.88. The van der Waals surface area contributed by atoms with E-state index in [2.05, 4.69) is 29.4 Å². The number of likely N-dealkylation sites (N-methyl/N-ethyl adjacent to an activating group) is 1. The van der Waals surface area contributed by atoms with Crippen LogP contribution in [-0.2, 0) is 12.8 Å². The number of hydrogen-bond donors (Lipinski definition) is 0. The monoisotopic (exact) mass is 296 g/mol. The van der Waals surface area contributed by atoms with Gasteiger partial charge in [0.1, 0.15) is 5.76 Å². The summed E-state index contributed by atoms with van der Waals surface area (Å²) >= 11 is 0. The second kappa shape index (κ2) is 5.27. The minimum Gasteiger partial charge on any atom is -0.360 e. The first-order valence-electron chi connectivity index (χ1n) is 8.03. The van der Waals surface area contributed by atoms with Crippen LogP contribution in [0.4, 0.5) is 0 Å². The highest BCUT2D eigenvalue weighted by atomic mass is 16.5. The van der Waals surface area contributed by atoms with Gasteiger partial charge in [0, 0.05) is 25.1 Å². The zero-order chi connectivity index (χ0) is 15.1. The Morgan fingerprint density at radius 3 is 2.77 bits per heavy atom. The molecular weight excluding hydrogens is 276 g/mol. The number of benzene rings is 1. The van der Waals surface area contributed by atoms with E-state index in [9.17, 15) is 4.79 Å². The van der Waals surface area contributed by atoms with Crippen molar-refractivity contribution < 1.29 is 9.32 Å². The summed E-state index contributed by atoms with van der Waals surface area (Å²) in [6, 6.07) is 10.6. The molecule has 1 amide bonds. The smallest absolute Gasteiger partial charge is 0.276 e. The average Bonchev–Trinajstić information content (AvgIpc) is 3.30. The number of nitrogens with zero attached hydrogens (tertiary/aromatic N) is 2. The van der Waals surface area contributed by atoms with Crippen LogP contribution in [0.3, 0.4) is 0 Å². The second-order valence-corrected chi connectivity index (χ2v) is 6.47. The Hall–Kier alpha value is -2.10. The topological polar surface area (TPSA) is 46.3 Å². The number of fused-ring (bicyclic) bond motifs is 1. The molecule has 1 aromatic carbocycles. The minimum atomic E-state index is -0.0277. The highest BCUT2D eigenvalue weighted by Gasteiger charge is 2.31. The summed E-state index contributed by atoms with van der Waals surface area (Å²) < 4.78 is 5.31. The van der Waals surface area contributed by atoms with Crippen molar-refractivity contribution in [2.24, 2.45) is 0 Å². The fourth-order valence-corrected chi connectivity index (χ4v) is 3.31. The maximum Gasteiger partial charge on any atom is 0.276 e. The Kier molecular flexibility index (Phi) is 3.25. The number of hydrogen-bond acceptors (Lipinski definition) is 3. The molecular formula is C18H20N2O2. The van der Waals surface area contributed by atoms with Gasteiger partial charge in [-0.25, -0.2) is 0 Å². The molecule has 2 aliphatic carbocycles. The van der Waals surface area contributed by atoms with Gasteiger partial charge in [-0.15, -0.1) is 0 Å². The van der Waals surface area contributed by atoms with Gasteiger partial charge in [0.05, 0.1) is 0 Å². The van der Waals surface area contributed by atoms with Crippen molar-refractivity contribution in [3.05, 3.63) is 52.9 Å². The molecule has 0 radical (unpaired) electrons. The number of aryl methyl sites for hydroxylation is 1. The summed E-state index contributed by atoms with van der Waals surface area (Å²) in [6.07, 6.45) is 5.26. The molecule has 1 heterocycles. The van der Waals surface area contributed by atoms with E-state index in [0.29, 0.717) is 11.6 Å². The third-order valence-electron chi connectivity index (χ3n) is 4.92. The fourth-order valence-electron chi connectivity index (χ4n) is 3.31. The van der Waals surface area contributed by atoms with Gasteiger partial charge in [-0.1, -0.05) is 29.4 Å². The first kappa shape index (κ1) is 13.6. The molecule has 0 aliphatic heterocycles. The molecule has 4 rings (SSSR count). The van der Waals surface area contributed by atoms with E-state index in [1.54, 1.807) is 0 Å². The summed E-state index contributed by atoms with van der Waals surface area (Å²) in [5.41, 5.74) is 3.22. The van der Waals surface area contributed by atoms with Crippen LogP contribution < -0.4 is 0 Å². The molecule has 1 atom stereocenters. The van der Waals surface area contributed by atoms with Crippen LogP contribution in [-0.4, -0.2) is 29.1 Å². The summed E-state index contributed by atoms with van der Waals surface area (Å²) in [6.45, 7) is 0. The van der Waals surface area contributed by atoms with Gasteiger partial charge < -0.3 is 9.42 Å². The van der Waals surface area contributed by atoms with E-state index in [1.807, 2.05) is 18.0 Å². The number of carbonyl (C=O) groups is 1. The predicted octanol–water partition coefficient (Wildman–Crippen LogP) is 3.18. The van der Waals surface area contributed by atoms with Gasteiger partial charge in [-0.05, 0) is 43.2 Å². The number of amides is 1. The standard InChI is InChI=1S/C18H20N2O2/c1-20(15-9-8-12-4-2-3-5-14(12)10-15)18(21)16-11-17(22-19-16)13-6-7-13/h2-5,11,13,15H,6-10H2,1H3. The Labute approximate surface area is 130 Å². The molecule has 2 aliphatic rings. The first-order chi connectivity index (χ1) is 10.7. The Morgan fingerprint density at radius 2 is 2.00 bits per heavy atom. The van der Waals surface area contributed by atoms with Crippen LogP contribution in [0.1, 0.15) is 52.6 Å². The lowest BCUT2D eigenvalue weighted by atomic mass is 9.87. The van der Waals surface area contributed by atoms with Crippen LogP contribution in [0.2, 0.25) is 0 Å². The Balaban J connectivity index is 1.49. The van der Waals surface area contributed by atoms with E-state index in [1.165, 1.54) is 11.1 Å². The minimum absolute atomic E-state index is 0.0277. The van der Waals surface area contributed by atoms with E-state index in [4.69, 9.17) is 4.52 Å². The fraction of sp³-hybridized carbons (Fsp3) is 0.444. The molecule has 1 saturated carbocycles. The summed E-state index contributed by atoms with van der Waals surface area (Å²) in [5, 5.41) is 3.97. The molecule has 0 saturated heterocycles. The van der Waals surface area contributed by atoms with Crippen molar-refractivity contribution in [1.29, 1.82) is 0 Å². The lowest BCUT2D eigenvalue weighted by Crippen LogP contribution is -2.40. The van der Waals surface area contributed by atoms with Crippen LogP contribution in [0.15, 0.2) is 34.9 Å². The van der Waals surface area contributed by atoms with Crippen molar-refractivity contribution in [2.75, 3.05) is 7.05 Å². The molecule has 22 heavy (non-hydrogen) atoms. The van der Waals surface area contributed by atoms with E-state index in [-0.39, 0.29) is 11.9 Å².